The molecule has 32 heavy (non-hydrogen) atoms. The van der Waals surface area contributed by atoms with Gasteiger partial charge in [-0.3, -0.25) is 0 Å². The predicted octanol–water partition coefficient (Wildman–Crippen LogP) is 5.99. The second-order valence-electron chi connectivity index (χ2n) is 7.06. The molecule has 3 aromatic carbocycles. The number of amides is 2. The summed E-state index contributed by atoms with van der Waals surface area (Å²) in [5.41, 5.74) is 6.82. The van der Waals surface area contributed by atoms with E-state index in [4.69, 9.17) is 15.2 Å². The number of unbranched alkanes of at least 4 members (excludes halogenated alkanes) is 2. The van der Waals surface area contributed by atoms with Crippen molar-refractivity contribution in [2.75, 3.05) is 17.5 Å². The lowest BCUT2D eigenvalue weighted by atomic mass is 10.0. The Hall–Kier alpha value is -3.26. The van der Waals surface area contributed by atoms with E-state index in [-0.39, 0.29) is 0 Å². The minimum atomic E-state index is -0.672. The molecule has 0 unspecified atom stereocenters. The van der Waals surface area contributed by atoms with Gasteiger partial charge in [-0.05, 0) is 55.2 Å². The highest BCUT2D eigenvalue weighted by atomic mass is 32.1. The maximum atomic E-state index is 13.6. The van der Waals surface area contributed by atoms with E-state index < -0.39 is 17.7 Å². The number of ether oxygens (including phenoxy) is 2. The number of nitrogens with zero attached hydrogens (tertiary/aromatic N) is 1. The molecule has 2 amide bonds. The van der Waals surface area contributed by atoms with Crippen LogP contribution in [0.3, 0.4) is 0 Å². The molecule has 3 rings (SSSR count). The van der Waals surface area contributed by atoms with Crippen LogP contribution in [0.1, 0.15) is 19.3 Å². The number of carbonyl (C=O) groups excluding carboxylic acids is 1. The lowest BCUT2D eigenvalue weighted by Crippen LogP contribution is -2.27. The normalized spacial score (nSPS) is 10.6. The molecule has 0 fully saturated rings. The summed E-state index contributed by atoms with van der Waals surface area (Å²) in [4.78, 5) is 11.2. The average Bonchev–Trinajstić information content (AvgIpc) is 2.77. The van der Waals surface area contributed by atoms with Crippen LogP contribution in [-0.2, 0) is 0 Å². The molecule has 3 aromatic rings. The minimum absolute atomic E-state index is 0.435. The molecule has 168 valence electrons. The molecule has 0 aliphatic rings. The monoisotopic (exact) mass is 458 g/mol. The van der Waals surface area contributed by atoms with Crippen molar-refractivity contribution >= 4 is 24.5 Å². The molecule has 0 bridgehead atoms. The van der Waals surface area contributed by atoms with Crippen LogP contribution in [0.5, 0.6) is 11.5 Å². The van der Waals surface area contributed by atoms with Crippen molar-refractivity contribution in [2.24, 2.45) is 5.73 Å². The Balaban J connectivity index is 1.43. The van der Waals surface area contributed by atoms with Crippen LogP contribution in [0.15, 0.2) is 66.7 Å². The summed E-state index contributed by atoms with van der Waals surface area (Å²) in [6, 6.07) is 16.9. The number of nitrogens with two attached hydrogens (primary N) is 1. The maximum Gasteiger partial charge on any atom is 0.329 e. The first-order valence-corrected chi connectivity index (χ1v) is 10.5. The molecule has 0 saturated heterocycles. The number of para-hydroxylation sites is 1. The molecule has 2 N–H and O–H groups in total. The second kappa shape index (κ2) is 11.4. The van der Waals surface area contributed by atoms with Gasteiger partial charge in [0.25, 0.3) is 0 Å². The third-order valence-electron chi connectivity index (χ3n) is 4.65. The number of thiol groups is 1. The Labute approximate surface area is 191 Å². The van der Waals surface area contributed by atoms with Crippen LogP contribution in [-0.4, -0.2) is 19.2 Å². The molecule has 0 aromatic heterocycles. The lowest BCUT2D eigenvalue weighted by Gasteiger charge is -2.14. The van der Waals surface area contributed by atoms with E-state index in [0.29, 0.717) is 41.5 Å². The molecule has 0 radical (unpaired) electrons. The van der Waals surface area contributed by atoms with Crippen molar-refractivity contribution in [2.45, 2.75) is 19.3 Å². The summed E-state index contributed by atoms with van der Waals surface area (Å²) in [6.07, 6.45) is 2.47. The van der Waals surface area contributed by atoms with Crippen molar-refractivity contribution in [1.82, 2.24) is 0 Å². The van der Waals surface area contributed by atoms with E-state index >= 15 is 0 Å². The van der Waals surface area contributed by atoms with Gasteiger partial charge in [0.15, 0.2) is 0 Å². The fourth-order valence-corrected chi connectivity index (χ4v) is 3.25. The van der Waals surface area contributed by atoms with Crippen molar-refractivity contribution in [3.63, 3.8) is 0 Å². The van der Waals surface area contributed by atoms with Crippen LogP contribution in [0.25, 0.3) is 11.1 Å². The zero-order chi connectivity index (χ0) is 22.9. The molecule has 0 aliphatic carbocycles. The van der Waals surface area contributed by atoms with E-state index in [9.17, 15) is 13.6 Å². The summed E-state index contributed by atoms with van der Waals surface area (Å²) < 4.78 is 39.8. The molecule has 0 atom stereocenters. The summed E-state index contributed by atoms with van der Waals surface area (Å²) in [5, 5.41) is 0. The van der Waals surface area contributed by atoms with Crippen LogP contribution in [0, 0.1) is 11.6 Å². The number of hydrogen-bond acceptors (Lipinski definition) is 4. The lowest BCUT2D eigenvalue weighted by molar-refractivity contribution is 0.257. The van der Waals surface area contributed by atoms with Gasteiger partial charge in [0.1, 0.15) is 23.1 Å². The third kappa shape index (κ3) is 6.62. The summed E-state index contributed by atoms with van der Waals surface area (Å²) in [7, 11) is 0. The summed E-state index contributed by atoms with van der Waals surface area (Å²) in [6.45, 7) is 0.975. The van der Waals surface area contributed by atoms with Gasteiger partial charge in [-0.2, -0.15) is 0 Å². The third-order valence-corrected chi connectivity index (χ3v) is 5.07. The van der Waals surface area contributed by atoms with Gasteiger partial charge in [-0.1, -0.05) is 37.1 Å². The molecule has 8 heteroatoms. The SMILES string of the molecule is NC(=O)N(S)c1cccc(OCCCCCOc2ccccc2-c2cc(F)cc(F)c2)c1. The summed E-state index contributed by atoms with van der Waals surface area (Å²) in [5.74, 6) is -0.0549. The smallest absolute Gasteiger partial charge is 0.329 e. The minimum Gasteiger partial charge on any atom is -0.494 e. The Bertz CT molecular complexity index is 1040. The molecule has 0 aliphatic heterocycles. The number of benzene rings is 3. The first-order valence-electron chi connectivity index (χ1n) is 10.1. The van der Waals surface area contributed by atoms with Crippen LogP contribution in [0.4, 0.5) is 19.3 Å². The van der Waals surface area contributed by atoms with E-state index in [2.05, 4.69) is 12.8 Å². The van der Waals surface area contributed by atoms with E-state index in [0.717, 1.165) is 29.6 Å². The number of urea groups is 1. The van der Waals surface area contributed by atoms with E-state index in [1.54, 1.807) is 42.5 Å². The Morgan fingerprint density at radius 1 is 0.875 bits per heavy atom. The molecule has 0 saturated carbocycles. The number of carbonyl (C=O) groups is 1. The Morgan fingerprint density at radius 2 is 1.56 bits per heavy atom. The Morgan fingerprint density at radius 3 is 2.28 bits per heavy atom. The van der Waals surface area contributed by atoms with Gasteiger partial charge in [0.05, 0.1) is 18.9 Å². The zero-order valence-corrected chi connectivity index (χ0v) is 18.2. The van der Waals surface area contributed by atoms with Gasteiger partial charge in [0, 0.05) is 17.7 Å². The Kier molecular flexibility index (Phi) is 8.33. The molecule has 5 nitrogen and oxygen atoms in total. The van der Waals surface area contributed by atoms with Crippen LogP contribution in [0.2, 0.25) is 0 Å². The largest absolute Gasteiger partial charge is 0.494 e. The first-order chi connectivity index (χ1) is 15.4. The number of rotatable bonds is 10. The fourth-order valence-electron chi connectivity index (χ4n) is 3.13. The van der Waals surface area contributed by atoms with E-state index in [1.165, 1.54) is 12.1 Å². The standard InChI is InChI=1S/C24H24F2N2O3S/c25-18-13-17(14-19(26)15-18)22-9-2-3-10-23(22)31-12-5-1-4-11-30-21-8-6-7-20(16-21)28(32)24(27)29/h2-3,6-10,13-16,32H,1,4-5,11-12H2,(H2,27,29). The second-order valence-corrected chi connectivity index (χ2v) is 7.46. The quantitative estimate of drug-likeness (QED) is 0.290. The molecular formula is C24H24F2N2O3S. The van der Waals surface area contributed by atoms with Gasteiger partial charge in [0.2, 0.25) is 0 Å². The topological polar surface area (TPSA) is 64.8 Å². The highest BCUT2D eigenvalue weighted by molar-refractivity contribution is 7.82. The van der Waals surface area contributed by atoms with Crippen LogP contribution < -0.4 is 19.5 Å². The average molecular weight is 459 g/mol. The van der Waals surface area contributed by atoms with Gasteiger partial charge < -0.3 is 15.2 Å². The van der Waals surface area contributed by atoms with Crippen molar-refractivity contribution < 1.29 is 23.0 Å². The summed E-state index contributed by atoms with van der Waals surface area (Å²) >= 11 is 4.03. The first kappa shape index (κ1) is 23.4. The predicted molar refractivity (Wildman–Crippen MR) is 124 cm³/mol. The van der Waals surface area contributed by atoms with Crippen LogP contribution >= 0.6 is 12.8 Å². The number of halogens is 2. The van der Waals surface area contributed by atoms with Gasteiger partial charge in [-0.15, -0.1) is 0 Å². The van der Waals surface area contributed by atoms with Crippen molar-refractivity contribution in [3.8, 4) is 22.6 Å². The highest BCUT2D eigenvalue weighted by Crippen LogP contribution is 2.31. The van der Waals surface area contributed by atoms with E-state index in [1.807, 2.05) is 6.07 Å². The maximum absolute atomic E-state index is 13.6. The number of hydrogen-bond donors (Lipinski definition) is 2. The molecule has 0 heterocycles. The molecular weight excluding hydrogens is 434 g/mol. The number of primary amides is 1. The van der Waals surface area contributed by atoms with Gasteiger partial charge >= 0.3 is 6.03 Å². The van der Waals surface area contributed by atoms with Gasteiger partial charge in [-0.25, -0.2) is 17.9 Å². The zero-order valence-electron chi connectivity index (χ0n) is 17.3. The molecule has 0 spiro atoms. The van der Waals surface area contributed by atoms with Crippen molar-refractivity contribution in [3.05, 3.63) is 78.4 Å². The highest BCUT2D eigenvalue weighted by Gasteiger charge is 2.10. The van der Waals surface area contributed by atoms with Crippen molar-refractivity contribution in [1.29, 1.82) is 0 Å². The number of anilines is 1. The fraction of sp³-hybridized carbons (Fsp3) is 0.208.